The number of allylic oxidation sites excluding steroid dienone is 2. The molecule has 1 fully saturated rings. The third kappa shape index (κ3) is 25.7. The molecular formula is C41H79NO12S. The molecule has 0 aliphatic carbocycles. The third-order valence-electron chi connectivity index (χ3n) is 10.4. The van der Waals surface area contributed by atoms with E-state index in [0.29, 0.717) is 19.3 Å². The van der Waals surface area contributed by atoms with Crippen molar-refractivity contribution < 1.29 is 57.0 Å². The summed E-state index contributed by atoms with van der Waals surface area (Å²) < 4.78 is 47.4. The number of unbranched alkanes of at least 4 members (excludes halogenated alkanes) is 21. The number of ether oxygens (including phenoxy) is 2. The Morgan fingerprint density at radius 1 is 0.709 bits per heavy atom. The van der Waals surface area contributed by atoms with Crippen LogP contribution in [0.1, 0.15) is 181 Å². The fraction of sp³-hybridized carbons (Fsp3) is 0.927. The van der Waals surface area contributed by atoms with Crippen LogP contribution in [0.5, 0.6) is 0 Å². The molecular weight excluding hydrogens is 731 g/mol. The number of hydrogen-bond acceptors (Lipinski definition) is 11. The minimum atomic E-state index is -5.10. The topological polar surface area (TPSA) is 212 Å². The van der Waals surface area contributed by atoms with Gasteiger partial charge in [-0.15, -0.1) is 0 Å². The van der Waals surface area contributed by atoms with E-state index < -0.39 is 78.5 Å². The van der Waals surface area contributed by atoms with Crippen molar-refractivity contribution in [1.82, 2.24) is 5.32 Å². The Kier molecular flexibility index (Phi) is 30.8. The first-order valence-electron chi connectivity index (χ1n) is 21.7. The van der Waals surface area contributed by atoms with E-state index in [9.17, 15) is 38.7 Å². The summed E-state index contributed by atoms with van der Waals surface area (Å²) in [7, 11) is -5.10. The van der Waals surface area contributed by atoms with Gasteiger partial charge in [0, 0.05) is 0 Å². The van der Waals surface area contributed by atoms with Crippen LogP contribution in [0.4, 0.5) is 0 Å². The first kappa shape index (κ1) is 51.8. The van der Waals surface area contributed by atoms with Crippen LogP contribution in [0.15, 0.2) is 12.2 Å². The van der Waals surface area contributed by atoms with Gasteiger partial charge in [-0.1, -0.05) is 154 Å². The summed E-state index contributed by atoms with van der Waals surface area (Å²) in [5.41, 5.74) is 0. The number of amides is 1. The predicted molar refractivity (Wildman–Crippen MR) is 215 cm³/mol. The SMILES string of the molecule is CCCCC/C=C\CCCCCCC(O)C(=O)NC(COC1OC(CO)C(O)C(OS(=O)(=O)O)C1O)C(O)CCCCCCCCCCCCCCCCC. The fourth-order valence-electron chi connectivity index (χ4n) is 6.93. The smallest absolute Gasteiger partial charge is 0.394 e. The number of carbonyl (C=O) groups is 1. The molecule has 0 spiro atoms. The first-order valence-corrected chi connectivity index (χ1v) is 23.0. The van der Waals surface area contributed by atoms with Crippen molar-refractivity contribution in [2.24, 2.45) is 0 Å². The molecule has 14 heteroatoms. The van der Waals surface area contributed by atoms with Gasteiger partial charge >= 0.3 is 10.4 Å². The molecule has 326 valence electrons. The molecule has 7 N–H and O–H groups in total. The van der Waals surface area contributed by atoms with Gasteiger partial charge in [-0.25, -0.2) is 4.18 Å². The molecule has 8 unspecified atom stereocenters. The van der Waals surface area contributed by atoms with Crippen LogP contribution in [-0.2, 0) is 28.9 Å². The van der Waals surface area contributed by atoms with E-state index in [4.69, 9.17) is 14.0 Å². The molecule has 0 aromatic rings. The van der Waals surface area contributed by atoms with Crippen LogP contribution in [0.3, 0.4) is 0 Å². The highest BCUT2D eigenvalue weighted by Gasteiger charge is 2.48. The van der Waals surface area contributed by atoms with E-state index in [0.717, 1.165) is 51.4 Å². The summed E-state index contributed by atoms with van der Waals surface area (Å²) in [6.07, 6.45) is 21.2. The second kappa shape index (κ2) is 32.7. The number of hydrogen-bond donors (Lipinski definition) is 7. The lowest BCUT2D eigenvalue weighted by Gasteiger charge is -2.41. The summed E-state index contributed by atoms with van der Waals surface area (Å²) >= 11 is 0. The summed E-state index contributed by atoms with van der Waals surface area (Å²) in [5.74, 6) is -0.680. The molecule has 1 aliphatic rings. The number of carbonyl (C=O) groups excluding carboxylic acids is 1. The lowest BCUT2D eigenvalue weighted by atomic mass is 9.99. The molecule has 1 saturated heterocycles. The monoisotopic (exact) mass is 810 g/mol. The van der Waals surface area contributed by atoms with E-state index in [1.54, 1.807) is 0 Å². The van der Waals surface area contributed by atoms with Crippen LogP contribution in [0.25, 0.3) is 0 Å². The van der Waals surface area contributed by atoms with Gasteiger partial charge in [0.25, 0.3) is 0 Å². The van der Waals surface area contributed by atoms with Crippen molar-refractivity contribution in [2.75, 3.05) is 13.2 Å². The highest BCUT2D eigenvalue weighted by atomic mass is 32.3. The molecule has 0 bridgehead atoms. The van der Waals surface area contributed by atoms with Crippen molar-refractivity contribution >= 4 is 16.3 Å². The average Bonchev–Trinajstić information content (AvgIpc) is 3.15. The van der Waals surface area contributed by atoms with Gasteiger partial charge in [0.05, 0.1) is 25.4 Å². The van der Waals surface area contributed by atoms with Crippen molar-refractivity contribution in [2.45, 2.75) is 230 Å². The van der Waals surface area contributed by atoms with E-state index in [1.165, 1.54) is 89.9 Å². The molecule has 0 aromatic carbocycles. The fourth-order valence-corrected chi connectivity index (χ4v) is 7.44. The normalized spacial score (nSPS) is 22.2. The quantitative estimate of drug-likeness (QED) is 0.0203. The Hall–Kier alpha value is -1.20. The molecule has 1 aliphatic heterocycles. The van der Waals surface area contributed by atoms with E-state index in [-0.39, 0.29) is 6.42 Å². The second-order valence-electron chi connectivity index (χ2n) is 15.4. The molecule has 55 heavy (non-hydrogen) atoms. The van der Waals surface area contributed by atoms with Gasteiger partial charge < -0.3 is 40.3 Å². The van der Waals surface area contributed by atoms with Gasteiger partial charge in [0.2, 0.25) is 5.91 Å². The minimum Gasteiger partial charge on any atom is -0.394 e. The maximum atomic E-state index is 13.1. The summed E-state index contributed by atoms with van der Waals surface area (Å²) in [6, 6.07) is -1.03. The number of aliphatic hydroxyl groups excluding tert-OH is 5. The van der Waals surface area contributed by atoms with E-state index in [1.807, 2.05) is 0 Å². The van der Waals surface area contributed by atoms with Crippen molar-refractivity contribution in [3.8, 4) is 0 Å². The Morgan fingerprint density at radius 2 is 1.16 bits per heavy atom. The maximum absolute atomic E-state index is 13.1. The second-order valence-corrected chi connectivity index (χ2v) is 16.5. The molecule has 0 aromatic heterocycles. The molecule has 1 heterocycles. The molecule has 1 amide bonds. The number of aliphatic hydroxyl groups is 5. The zero-order valence-electron chi connectivity index (χ0n) is 34.1. The van der Waals surface area contributed by atoms with Gasteiger partial charge in [-0.3, -0.25) is 9.35 Å². The summed E-state index contributed by atoms with van der Waals surface area (Å²) in [5, 5.41) is 55.2. The molecule has 1 rings (SSSR count). The zero-order chi connectivity index (χ0) is 40.7. The van der Waals surface area contributed by atoms with E-state index in [2.05, 4.69) is 35.5 Å². The highest BCUT2D eigenvalue weighted by Crippen LogP contribution is 2.26. The lowest BCUT2D eigenvalue weighted by molar-refractivity contribution is -0.298. The first-order chi connectivity index (χ1) is 26.4. The standard InChI is InChI=1S/C41H79NO12S/c1-3-5-7-9-11-13-15-16-17-18-20-21-23-25-27-29-34(44)33(32-52-41-38(47)39(54-55(49,50)51)37(46)36(31-43)53-41)42-40(48)35(45)30-28-26-24-22-19-14-12-10-8-6-4-2/h12,14,33-39,41,43-47H,3-11,13,15-32H2,1-2H3,(H,42,48)(H,49,50,51)/b14-12-. The van der Waals surface area contributed by atoms with Crippen LogP contribution in [-0.4, -0.2) is 107 Å². The molecule has 0 radical (unpaired) electrons. The summed E-state index contributed by atoms with van der Waals surface area (Å²) in [4.78, 5) is 13.1. The van der Waals surface area contributed by atoms with Crippen molar-refractivity contribution in [1.29, 1.82) is 0 Å². The van der Waals surface area contributed by atoms with Crippen LogP contribution in [0, 0.1) is 0 Å². The Morgan fingerprint density at radius 3 is 1.67 bits per heavy atom. The Labute approximate surface area is 333 Å². The Balaban J connectivity index is 2.61. The van der Waals surface area contributed by atoms with Crippen LogP contribution in [0.2, 0.25) is 0 Å². The highest BCUT2D eigenvalue weighted by molar-refractivity contribution is 7.80. The average molecular weight is 810 g/mol. The van der Waals surface area contributed by atoms with E-state index >= 15 is 0 Å². The number of rotatable bonds is 36. The zero-order valence-corrected chi connectivity index (χ0v) is 34.9. The van der Waals surface area contributed by atoms with Crippen molar-refractivity contribution in [3.05, 3.63) is 12.2 Å². The van der Waals surface area contributed by atoms with Gasteiger partial charge in [0.1, 0.15) is 30.5 Å². The van der Waals surface area contributed by atoms with Crippen LogP contribution >= 0.6 is 0 Å². The van der Waals surface area contributed by atoms with Crippen LogP contribution < -0.4 is 5.32 Å². The maximum Gasteiger partial charge on any atom is 0.397 e. The summed E-state index contributed by atoms with van der Waals surface area (Å²) in [6.45, 7) is 3.22. The molecule has 0 saturated carbocycles. The van der Waals surface area contributed by atoms with Crippen molar-refractivity contribution in [3.63, 3.8) is 0 Å². The Bertz CT molecular complexity index is 1060. The number of nitrogens with one attached hydrogen (secondary N) is 1. The van der Waals surface area contributed by atoms with Gasteiger partial charge in [0.15, 0.2) is 6.29 Å². The third-order valence-corrected chi connectivity index (χ3v) is 10.9. The minimum absolute atomic E-state index is 0.247. The largest absolute Gasteiger partial charge is 0.397 e. The molecule has 13 nitrogen and oxygen atoms in total. The van der Waals surface area contributed by atoms with Gasteiger partial charge in [-0.2, -0.15) is 8.42 Å². The van der Waals surface area contributed by atoms with Gasteiger partial charge in [-0.05, 0) is 38.5 Å². The predicted octanol–water partition coefficient (Wildman–Crippen LogP) is 6.58. The lowest BCUT2D eigenvalue weighted by Crippen LogP contribution is -2.61. The molecule has 8 atom stereocenters.